The fourth-order valence-electron chi connectivity index (χ4n) is 3.78. The van der Waals surface area contributed by atoms with E-state index in [4.69, 9.17) is 22.1 Å². The summed E-state index contributed by atoms with van der Waals surface area (Å²) < 4.78 is 29.6. The molecule has 0 bridgehead atoms. The van der Waals surface area contributed by atoms with E-state index < -0.39 is 37.5 Å². The van der Waals surface area contributed by atoms with Crippen molar-refractivity contribution in [2.75, 3.05) is 31.3 Å². The first kappa shape index (κ1) is 32.5. The van der Waals surface area contributed by atoms with Gasteiger partial charge in [-0.1, -0.05) is 18.2 Å². The molecule has 1 atom stereocenters. The second kappa shape index (κ2) is 15.0. The Morgan fingerprint density at radius 2 is 1.31 bits per heavy atom. The Hall–Kier alpha value is -1.51. The van der Waals surface area contributed by atoms with Gasteiger partial charge in [0.25, 0.3) is 5.97 Å². The molecule has 0 aliphatic heterocycles. The van der Waals surface area contributed by atoms with Crippen LogP contribution >= 0.6 is 0 Å². The number of nitrogens with zero attached hydrogens (tertiary/aromatic N) is 1. The minimum Gasteiger partial charge on any atom is -0.520 e. The summed E-state index contributed by atoms with van der Waals surface area (Å²) in [6.45, 7) is 19.5. The van der Waals surface area contributed by atoms with Gasteiger partial charge in [0.15, 0.2) is 0 Å². The third kappa shape index (κ3) is 12.2. The quantitative estimate of drug-likeness (QED) is 0.234. The molecule has 1 unspecified atom stereocenters. The summed E-state index contributed by atoms with van der Waals surface area (Å²) in [6.07, 6.45) is 0.578. The number of para-hydroxylation sites is 1. The van der Waals surface area contributed by atoms with Crippen LogP contribution in [0.4, 0.5) is 5.69 Å². The van der Waals surface area contributed by atoms with Crippen LogP contribution in [0.25, 0.3) is 0 Å². The van der Waals surface area contributed by atoms with Crippen LogP contribution in [-0.2, 0) is 31.7 Å². The smallest absolute Gasteiger partial charge is 0.500 e. The van der Waals surface area contributed by atoms with E-state index >= 15 is 0 Å². The first-order chi connectivity index (χ1) is 16.8. The fourth-order valence-corrected chi connectivity index (χ4v) is 7.88. The molecule has 0 aromatic heterocycles. The van der Waals surface area contributed by atoms with Crippen LogP contribution < -0.4 is 4.90 Å². The molecular weight excluding hydrogens is 511 g/mol. The van der Waals surface area contributed by atoms with Crippen molar-refractivity contribution in [1.82, 2.24) is 0 Å². The van der Waals surface area contributed by atoms with Gasteiger partial charge < -0.3 is 27.0 Å². The van der Waals surface area contributed by atoms with Crippen molar-refractivity contribution < 1.29 is 31.7 Å². The Balaban J connectivity index is 3.29. The molecule has 1 aromatic carbocycles. The summed E-state index contributed by atoms with van der Waals surface area (Å²) in [7, 11) is -7.16. The molecule has 0 spiro atoms. The molecule has 36 heavy (non-hydrogen) atoms. The molecule has 0 radical (unpaired) electrons. The van der Waals surface area contributed by atoms with Crippen molar-refractivity contribution in [3.8, 4) is 0 Å². The van der Waals surface area contributed by atoms with E-state index in [1.54, 1.807) is 0 Å². The summed E-state index contributed by atoms with van der Waals surface area (Å²) >= 11 is 0. The molecule has 11 heteroatoms. The number of anilines is 1. The van der Waals surface area contributed by atoms with Crippen LogP contribution in [-0.4, -0.2) is 69.8 Å². The second-order valence-electron chi connectivity index (χ2n) is 10.5. The van der Waals surface area contributed by atoms with Gasteiger partial charge in [0.05, 0.1) is 6.42 Å². The predicted molar refractivity (Wildman–Crippen MR) is 151 cm³/mol. The minimum atomic E-state index is -2.85. The fraction of sp³-hybridized carbons (Fsp3) is 0.680. The lowest BCUT2D eigenvalue weighted by molar-refractivity contribution is -0.143. The first-order valence-electron chi connectivity index (χ1n) is 12.9. The van der Waals surface area contributed by atoms with Crippen molar-refractivity contribution in [3.63, 3.8) is 0 Å². The Kier molecular flexibility index (Phi) is 13.6. The maximum atomic E-state index is 13.5. The summed E-state index contributed by atoms with van der Waals surface area (Å²) in [5.74, 6) is -0.775. The highest BCUT2D eigenvalue weighted by Crippen LogP contribution is 2.25. The normalized spacial score (nSPS) is 13.2. The van der Waals surface area contributed by atoms with Gasteiger partial charge >= 0.3 is 14.8 Å². The summed E-state index contributed by atoms with van der Waals surface area (Å²) in [4.78, 5) is 28.3. The van der Waals surface area contributed by atoms with Gasteiger partial charge in [-0.25, -0.2) is 0 Å². The van der Waals surface area contributed by atoms with Crippen LogP contribution in [0, 0.1) is 0 Å². The van der Waals surface area contributed by atoms with E-state index in [0.717, 1.165) is 5.69 Å². The zero-order valence-electron chi connectivity index (χ0n) is 23.7. The molecule has 0 aliphatic rings. The van der Waals surface area contributed by atoms with E-state index in [0.29, 0.717) is 38.8 Å². The number of rotatable bonds is 17. The minimum absolute atomic E-state index is 0.0760. The zero-order chi connectivity index (χ0) is 27.4. The average Bonchev–Trinajstić information content (AvgIpc) is 2.74. The zero-order valence-corrected chi connectivity index (χ0v) is 26.7. The van der Waals surface area contributed by atoms with Crippen molar-refractivity contribution in [3.05, 3.63) is 30.3 Å². The molecule has 0 saturated heterocycles. The lowest BCUT2D eigenvalue weighted by atomic mass is 10.1. The Labute approximate surface area is 221 Å². The number of carbonyl (C=O) groups is 2. The van der Waals surface area contributed by atoms with Gasteiger partial charge in [-0.2, -0.15) is 0 Å². The van der Waals surface area contributed by atoms with E-state index in [9.17, 15) is 9.59 Å². The van der Waals surface area contributed by atoms with Crippen LogP contribution in [0.3, 0.4) is 0 Å². The van der Waals surface area contributed by atoms with Crippen molar-refractivity contribution in [1.29, 1.82) is 0 Å². The van der Waals surface area contributed by atoms with Crippen LogP contribution in [0.5, 0.6) is 0 Å². The molecule has 0 fully saturated rings. The third-order valence-electron chi connectivity index (χ3n) is 4.90. The molecule has 0 aliphatic carbocycles. The van der Waals surface area contributed by atoms with Crippen molar-refractivity contribution >= 4 is 43.1 Å². The molecular formula is C25H47NO7Si3. The lowest BCUT2D eigenvalue weighted by Crippen LogP contribution is -2.49. The topological polar surface area (TPSA) is 83.5 Å². The molecule has 0 amide bonds. The molecule has 8 nitrogen and oxygen atoms in total. The molecule has 1 rings (SSSR count). The van der Waals surface area contributed by atoms with Gasteiger partial charge in [0.2, 0.25) is 16.6 Å². The van der Waals surface area contributed by atoms with Crippen molar-refractivity contribution in [2.24, 2.45) is 0 Å². The van der Waals surface area contributed by atoms with Crippen LogP contribution in [0.2, 0.25) is 45.3 Å². The van der Waals surface area contributed by atoms with E-state index in [2.05, 4.69) is 0 Å². The highest BCUT2D eigenvalue weighted by atomic mass is 28.4. The van der Waals surface area contributed by atoms with Gasteiger partial charge in [-0.3, -0.25) is 9.59 Å². The SMILES string of the molecule is CCO[Si](CCCN(c1ccccc1)C(CC(=O)O[Si](C)(C)C)C(=O)O[Si](C)(C)C)(OCC)OCC. The summed E-state index contributed by atoms with van der Waals surface area (Å²) in [5, 5.41) is 0. The monoisotopic (exact) mass is 557 g/mol. The standard InChI is InChI=1S/C25H47NO7Si3/c1-10-29-36(30-11-2,31-12-3)20-16-19-26(22-17-14-13-15-18-22)23(25(28)33-35(7,8)9)21-24(27)32-34(4,5)6/h13-15,17-18,23H,10-12,16,19-21H2,1-9H3. The number of benzene rings is 1. The average molecular weight is 558 g/mol. The highest BCUT2D eigenvalue weighted by Gasteiger charge is 2.41. The van der Waals surface area contributed by atoms with Gasteiger partial charge in [-0.05, 0) is 78.6 Å². The van der Waals surface area contributed by atoms with E-state index in [-0.39, 0.29) is 12.4 Å². The predicted octanol–water partition coefficient (Wildman–Crippen LogP) is 5.45. The largest absolute Gasteiger partial charge is 0.520 e. The third-order valence-corrected chi connectivity index (χ3v) is 9.70. The van der Waals surface area contributed by atoms with Crippen LogP contribution in [0.1, 0.15) is 33.6 Å². The first-order valence-corrected chi connectivity index (χ1v) is 21.7. The molecule has 0 saturated carbocycles. The number of hydrogen-bond acceptors (Lipinski definition) is 8. The van der Waals surface area contributed by atoms with E-state index in [1.165, 1.54) is 0 Å². The maximum Gasteiger partial charge on any atom is 0.500 e. The molecule has 1 aromatic rings. The van der Waals surface area contributed by atoms with Gasteiger partial charge in [-0.15, -0.1) is 0 Å². The Morgan fingerprint density at radius 1 is 0.806 bits per heavy atom. The second-order valence-corrected chi connectivity index (χ2v) is 22.0. The highest BCUT2D eigenvalue weighted by molar-refractivity contribution is 6.71. The Morgan fingerprint density at radius 3 is 1.75 bits per heavy atom. The van der Waals surface area contributed by atoms with E-state index in [1.807, 2.05) is 95.3 Å². The number of hydrogen-bond donors (Lipinski definition) is 0. The number of carbonyl (C=O) groups excluding carboxylic acids is 2. The maximum absolute atomic E-state index is 13.5. The summed E-state index contributed by atoms with van der Waals surface area (Å²) in [5.41, 5.74) is 0.840. The molecule has 0 heterocycles. The van der Waals surface area contributed by atoms with Gasteiger partial charge in [0, 0.05) is 38.1 Å². The molecule has 0 N–H and O–H groups in total. The molecule has 206 valence electrons. The van der Waals surface area contributed by atoms with Crippen LogP contribution in [0.15, 0.2) is 30.3 Å². The Bertz CT molecular complexity index is 780. The van der Waals surface area contributed by atoms with Gasteiger partial charge in [0.1, 0.15) is 6.04 Å². The summed E-state index contributed by atoms with van der Waals surface area (Å²) in [6, 6.07) is 9.44. The lowest BCUT2D eigenvalue weighted by Gasteiger charge is -2.35. The van der Waals surface area contributed by atoms with Crippen molar-refractivity contribution in [2.45, 2.75) is 85.0 Å².